The molecule has 32 heavy (non-hydrogen) atoms. The largest absolute Gasteiger partial charge is 0.497 e. The number of H-pyrrole nitrogens is 1. The highest BCUT2D eigenvalue weighted by molar-refractivity contribution is 6.31. The zero-order valence-corrected chi connectivity index (χ0v) is 19.1. The second kappa shape index (κ2) is 9.65. The standard InChI is InChI=1S/C25H28ClN3O3/c1-16(24(30)27-15-17-4-3-5-21(12-17)32-2)18-8-10-29(11-9-18)25(31)23-14-19-13-20(26)6-7-22(19)28-23/h3-7,12-14,16,18,28H,8-11,15H2,1-2H3,(H,27,30). The number of rotatable bonds is 6. The Morgan fingerprint density at radius 2 is 1.97 bits per heavy atom. The van der Waals surface area contributed by atoms with E-state index in [0.29, 0.717) is 30.4 Å². The van der Waals surface area contributed by atoms with E-state index in [0.717, 1.165) is 35.1 Å². The predicted molar refractivity (Wildman–Crippen MR) is 126 cm³/mol. The topological polar surface area (TPSA) is 74.4 Å². The normalized spacial score (nSPS) is 15.5. The number of nitrogens with zero attached hydrogens (tertiary/aromatic N) is 1. The van der Waals surface area contributed by atoms with Gasteiger partial charge in [0.1, 0.15) is 11.4 Å². The van der Waals surface area contributed by atoms with Crippen molar-refractivity contribution in [2.45, 2.75) is 26.3 Å². The molecule has 1 aliphatic rings. The fourth-order valence-electron chi connectivity index (χ4n) is 4.34. The van der Waals surface area contributed by atoms with Crippen molar-refractivity contribution in [3.05, 3.63) is 64.8 Å². The van der Waals surface area contributed by atoms with Gasteiger partial charge in [-0.25, -0.2) is 0 Å². The molecule has 2 heterocycles. The number of hydrogen-bond acceptors (Lipinski definition) is 3. The highest BCUT2D eigenvalue weighted by Gasteiger charge is 2.30. The average Bonchev–Trinajstić information content (AvgIpc) is 3.25. The van der Waals surface area contributed by atoms with Crippen molar-refractivity contribution in [1.29, 1.82) is 0 Å². The van der Waals surface area contributed by atoms with E-state index in [9.17, 15) is 9.59 Å². The molecular weight excluding hydrogens is 426 g/mol. The van der Waals surface area contributed by atoms with Crippen molar-refractivity contribution in [2.24, 2.45) is 11.8 Å². The van der Waals surface area contributed by atoms with Crippen LogP contribution in [-0.2, 0) is 11.3 Å². The number of amides is 2. The molecule has 0 bridgehead atoms. The number of hydrogen-bond donors (Lipinski definition) is 2. The van der Waals surface area contributed by atoms with Gasteiger partial charge in [-0.1, -0.05) is 30.7 Å². The van der Waals surface area contributed by atoms with Gasteiger partial charge in [-0.3, -0.25) is 9.59 Å². The second-order valence-corrected chi connectivity index (χ2v) is 8.84. The van der Waals surface area contributed by atoms with Crippen molar-refractivity contribution < 1.29 is 14.3 Å². The Morgan fingerprint density at radius 3 is 2.72 bits per heavy atom. The van der Waals surface area contributed by atoms with Crippen LogP contribution in [0, 0.1) is 11.8 Å². The molecule has 1 fully saturated rings. The summed E-state index contributed by atoms with van der Waals surface area (Å²) >= 11 is 6.05. The smallest absolute Gasteiger partial charge is 0.270 e. The van der Waals surface area contributed by atoms with Crippen LogP contribution in [0.2, 0.25) is 5.02 Å². The lowest BCUT2D eigenvalue weighted by molar-refractivity contribution is -0.126. The zero-order chi connectivity index (χ0) is 22.7. The molecular formula is C25H28ClN3O3. The number of aromatic nitrogens is 1. The average molecular weight is 454 g/mol. The van der Waals surface area contributed by atoms with E-state index in [4.69, 9.17) is 16.3 Å². The van der Waals surface area contributed by atoms with Gasteiger partial charge in [-0.05, 0) is 60.7 Å². The van der Waals surface area contributed by atoms with Gasteiger partial charge in [0.25, 0.3) is 5.91 Å². The van der Waals surface area contributed by atoms with E-state index in [1.54, 1.807) is 13.2 Å². The summed E-state index contributed by atoms with van der Waals surface area (Å²) in [6.45, 7) is 3.74. The number of likely N-dealkylation sites (tertiary alicyclic amines) is 1. The van der Waals surface area contributed by atoms with Crippen LogP contribution in [0.25, 0.3) is 10.9 Å². The number of halogens is 1. The molecule has 1 aromatic heterocycles. The first-order chi connectivity index (χ1) is 15.4. The first-order valence-corrected chi connectivity index (χ1v) is 11.3. The van der Waals surface area contributed by atoms with Crippen molar-refractivity contribution in [2.75, 3.05) is 20.2 Å². The van der Waals surface area contributed by atoms with Crippen molar-refractivity contribution in [1.82, 2.24) is 15.2 Å². The van der Waals surface area contributed by atoms with Gasteiger partial charge in [0.05, 0.1) is 7.11 Å². The summed E-state index contributed by atoms with van der Waals surface area (Å²) in [7, 11) is 1.63. The number of benzene rings is 2. The van der Waals surface area contributed by atoms with Gasteiger partial charge < -0.3 is 19.9 Å². The van der Waals surface area contributed by atoms with Gasteiger partial charge in [0.15, 0.2) is 0 Å². The van der Waals surface area contributed by atoms with E-state index >= 15 is 0 Å². The fraction of sp³-hybridized carbons (Fsp3) is 0.360. The minimum Gasteiger partial charge on any atom is -0.497 e. The third-order valence-corrected chi connectivity index (χ3v) is 6.60. The van der Waals surface area contributed by atoms with Crippen LogP contribution >= 0.6 is 11.6 Å². The molecule has 7 heteroatoms. The highest BCUT2D eigenvalue weighted by Crippen LogP contribution is 2.27. The van der Waals surface area contributed by atoms with Crippen molar-refractivity contribution in [3.63, 3.8) is 0 Å². The molecule has 2 aromatic carbocycles. The molecule has 2 N–H and O–H groups in total. The molecule has 1 atom stereocenters. The molecule has 1 unspecified atom stereocenters. The van der Waals surface area contributed by atoms with Crippen LogP contribution in [0.5, 0.6) is 5.75 Å². The van der Waals surface area contributed by atoms with Gasteiger partial charge in [-0.2, -0.15) is 0 Å². The third kappa shape index (κ3) is 4.91. The number of ether oxygens (including phenoxy) is 1. The maximum atomic E-state index is 12.9. The number of fused-ring (bicyclic) bond motifs is 1. The summed E-state index contributed by atoms with van der Waals surface area (Å²) in [4.78, 5) is 30.7. The molecule has 0 saturated carbocycles. The fourth-order valence-corrected chi connectivity index (χ4v) is 4.52. The first kappa shape index (κ1) is 22.2. The van der Waals surface area contributed by atoms with Crippen LogP contribution in [0.4, 0.5) is 0 Å². The Morgan fingerprint density at radius 1 is 1.19 bits per heavy atom. The van der Waals surface area contributed by atoms with Crippen molar-refractivity contribution >= 4 is 34.3 Å². The Balaban J connectivity index is 1.30. The summed E-state index contributed by atoms with van der Waals surface area (Å²) in [6.07, 6.45) is 1.62. The van der Waals surface area contributed by atoms with Crippen LogP contribution in [0.15, 0.2) is 48.5 Å². The lowest BCUT2D eigenvalue weighted by atomic mass is 9.84. The molecule has 1 aliphatic heterocycles. The molecule has 1 saturated heterocycles. The summed E-state index contributed by atoms with van der Waals surface area (Å²) in [6, 6.07) is 15.1. The predicted octanol–water partition coefficient (Wildman–Crippen LogP) is 4.63. The van der Waals surface area contributed by atoms with E-state index in [-0.39, 0.29) is 23.7 Å². The molecule has 0 spiro atoms. The van der Waals surface area contributed by atoms with E-state index in [1.807, 2.05) is 54.3 Å². The first-order valence-electron chi connectivity index (χ1n) is 10.9. The Hall–Kier alpha value is -2.99. The maximum absolute atomic E-state index is 12.9. The number of nitrogens with one attached hydrogen (secondary N) is 2. The number of aromatic amines is 1. The Kier molecular flexibility index (Phi) is 6.70. The highest BCUT2D eigenvalue weighted by atomic mass is 35.5. The molecule has 2 amide bonds. The van der Waals surface area contributed by atoms with Crippen LogP contribution < -0.4 is 10.1 Å². The second-order valence-electron chi connectivity index (χ2n) is 8.40. The van der Waals surface area contributed by atoms with Gasteiger partial charge in [0.2, 0.25) is 5.91 Å². The van der Waals surface area contributed by atoms with Crippen LogP contribution in [0.1, 0.15) is 35.8 Å². The zero-order valence-electron chi connectivity index (χ0n) is 18.4. The number of carbonyl (C=O) groups excluding carboxylic acids is 2. The number of carbonyl (C=O) groups is 2. The quantitative estimate of drug-likeness (QED) is 0.571. The van der Waals surface area contributed by atoms with Gasteiger partial charge in [0, 0.05) is 41.5 Å². The summed E-state index contributed by atoms with van der Waals surface area (Å²) in [5.74, 6) is 0.967. The monoisotopic (exact) mass is 453 g/mol. The Labute approximate surface area is 192 Å². The number of methoxy groups -OCH3 is 1. The van der Waals surface area contributed by atoms with E-state index in [2.05, 4.69) is 10.3 Å². The SMILES string of the molecule is COc1cccc(CNC(=O)C(C)C2CCN(C(=O)c3cc4cc(Cl)ccc4[nH]3)CC2)c1. The molecule has 0 aliphatic carbocycles. The Bertz CT molecular complexity index is 1120. The molecule has 168 valence electrons. The van der Waals surface area contributed by atoms with E-state index < -0.39 is 0 Å². The van der Waals surface area contributed by atoms with Gasteiger partial charge >= 0.3 is 0 Å². The molecule has 6 nitrogen and oxygen atoms in total. The minimum absolute atomic E-state index is 0.00842. The summed E-state index contributed by atoms with van der Waals surface area (Å²) in [5, 5.41) is 4.61. The maximum Gasteiger partial charge on any atom is 0.270 e. The molecule has 3 aromatic rings. The number of piperidine rings is 1. The van der Waals surface area contributed by atoms with Crippen LogP contribution in [-0.4, -0.2) is 41.9 Å². The lowest BCUT2D eigenvalue weighted by Crippen LogP contribution is -2.42. The van der Waals surface area contributed by atoms with Crippen LogP contribution in [0.3, 0.4) is 0 Å². The van der Waals surface area contributed by atoms with Crippen molar-refractivity contribution in [3.8, 4) is 5.75 Å². The molecule has 4 rings (SSSR count). The summed E-state index contributed by atoms with van der Waals surface area (Å²) in [5.41, 5.74) is 2.48. The minimum atomic E-state index is -0.104. The van der Waals surface area contributed by atoms with Gasteiger partial charge in [-0.15, -0.1) is 0 Å². The lowest BCUT2D eigenvalue weighted by Gasteiger charge is -2.34. The third-order valence-electron chi connectivity index (χ3n) is 6.36. The van der Waals surface area contributed by atoms with E-state index in [1.165, 1.54) is 0 Å². The molecule has 0 radical (unpaired) electrons. The summed E-state index contributed by atoms with van der Waals surface area (Å²) < 4.78 is 5.23.